The van der Waals surface area contributed by atoms with E-state index in [0.29, 0.717) is 0 Å². The predicted octanol–water partition coefficient (Wildman–Crippen LogP) is 1.43. The van der Waals surface area contributed by atoms with Crippen LogP contribution in [-0.2, 0) is 0 Å². The minimum atomic E-state index is -2.67. The van der Waals surface area contributed by atoms with E-state index in [2.05, 4.69) is 4.98 Å². The van der Waals surface area contributed by atoms with E-state index in [1.807, 2.05) is 0 Å². The molecule has 1 heterocycles. The maximum absolute atomic E-state index is 12.3. The van der Waals surface area contributed by atoms with Gasteiger partial charge in [0, 0.05) is 18.9 Å². The van der Waals surface area contributed by atoms with Crippen molar-refractivity contribution in [1.29, 1.82) is 0 Å². The van der Waals surface area contributed by atoms with Crippen LogP contribution in [-0.4, -0.2) is 47.0 Å². The van der Waals surface area contributed by atoms with E-state index in [4.69, 9.17) is 16.7 Å². The quantitative estimate of drug-likeness (QED) is 0.875. The summed E-state index contributed by atoms with van der Waals surface area (Å²) in [6, 6.07) is 1.40. The van der Waals surface area contributed by atoms with Gasteiger partial charge < -0.3 is 10.0 Å². The molecule has 0 aromatic carbocycles. The minimum Gasteiger partial charge on any atom is -0.395 e. The summed E-state index contributed by atoms with van der Waals surface area (Å²) in [5.41, 5.74) is 0.0447. The highest BCUT2D eigenvalue weighted by atomic mass is 35.5. The van der Waals surface area contributed by atoms with Crippen LogP contribution in [0.2, 0.25) is 5.02 Å². The third-order valence-electron chi connectivity index (χ3n) is 2.01. The Balaban J connectivity index is 2.88. The molecule has 1 rings (SSSR count). The van der Waals surface area contributed by atoms with Crippen molar-refractivity contribution in [3.05, 3.63) is 29.0 Å². The predicted molar refractivity (Wildman–Crippen MR) is 58.2 cm³/mol. The van der Waals surface area contributed by atoms with Gasteiger partial charge in [0.15, 0.2) is 0 Å². The molecule has 0 aliphatic rings. The van der Waals surface area contributed by atoms with Crippen molar-refractivity contribution < 1.29 is 18.7 Å². The first-order chi connectivity index (χ1) is 8.06. The molecule has 0 saturated carbocycles. The molecule has 4 nitrogen and oxygen atoms in total. The molecule has 1 amide bonds. The summed E-state index contributed by atoms with van der Waals surface area (Å²) in [7, 11) is 0. The summed E-state index contributed by atoms with van der Waals surface area (Å²) in [5, 5.41) is 8.87. The summed E-state index contributed by atoms with van der Waals surface area (Å²) in [4.78, 5) is 16.4. The van der Waals surface area contributed by atoms with Crippen molar-refractivity contribution in [3.8, 4) is 0 Å². The Hall–Kier alpha value is -1.27. The average molecular weight is 265 g/mol. The van der Waals surface area contributed by atoms with Crippen LogP contribution in [0.4, 0.5) is 8.78 Å². The molecule has 0 bridgehead atoms. The van der Waals surface area contributed by atoms with E-state index in [1.54, 1.807) is 0 Å². The van der Waals surface area contributed by atoms with Crippen LogP contribution in [0.25, 0.3) is 0 Å². The van der Waals surface area contributed by atoms with E-state index in [1.165, 1.54) is 18.5 Å². The Morgan fingerprint density at radius 1 is 1.59 bits per heavy atom. The third kappa shape index (κ3) is 3.90. The van der Waals surface area contributed by atoms with Crippen LogP contribution in [0.3, 0.4) is 0 Å². The fourth-order valence-electron chi connectivity index (χ4n) is 1.27. The molecule has 17 heavy (non-hydrogen) atoms. The lowest BCUT2D eigenvalue weighted by molar-refractivity contribution is 0.0509. The molecule has 1 aromatic heterocycles. The molecule has 1 N–H and O–H groups in total. The first-order valence-electron chi connectivity index (χ1n) is 4.84. The number of hydrogen-bond donors (Lipinski definition) is 1. The number of amides is 1. The number of alkyl halides is 2. The van der Waals surface area contributed by atoms with E-state index < -0.39 is 25.5 Å². The molecule has 0 atom stereocenters. The minimum absolute atomic E-state index is 0.0447. The molecule has 7 heteroatoms. The fourth-order valence-corrected chi connectivity index (χ4v) is 1.45. The summed E-state index contributed by atoms with van der Waals surface area (Å²) in [6.07, 6.45) is -0.0655. The highest BCUT2D eigenvalue weighted by molar-refractivity contribution is 6.33. The second kappa shape index (κ2) is 6.46. The molecule has 0 aliphatic heterocycles. The Bertz CT molecular complexity index is 390. The standard InChI is InChI=1S/C10H11ClF2N2O2/c11-8-1-2-14-5-7(8)10(17)15(3-4-16)6-9(12)13/h1-2,5,9,16H,3-4,6H2. The van der Waals surface area contributed by atoms with E-state index in [9.17, 15) is 13.6 Å². The highest BCUT2D eigenvalue weighted by Crippen LogP contribution is 2.16. The maximum atomic E-state index is 12.3. The van der Waals surface area contributed by atoms with Crippen molar-refractivity contribution in [2.24, 2.45) is 0 Å². The second-order valence-corrected chi connectivity index (χ2v) is 3.63. The average Bonchev–Trinajstić information content (AvgIpc) is 2.28. The number of nitrogens with zero attached hydrogens (tertiary/aromatic N) is 2. The first-order valence-corrected chi connectivity index (χ1v) is 5.22. The summed E-state index contributed by atoms with van der Waals surface area (Å²) >= 11 is 5.76. The molecule has 0 spiro atoms. The zero-order valence-corrected chi connectivity index (χ0v) is 9.57. The Morgan fingerprint density at radius 2 is 2.29 bits per heavy atom. The Kier molecular flexibility index (Phi) is 5.24. The van der Waals surface area contributed by atoms with E-state index in [-0.39, 0.29) is 17.1 Å². The van der Waals surface area contributed by atoms with Gasteiger partial charge in [-0.2, -0.15) is 0 Å². The van der Waals surface area contributed by atoms with Crippen molar-refractivity contribution >= 4 is 17.5 Å². The number of aliphatic hydroxyl groups is 1. The van der Waals surface area contributed by atoms with Gasteiger partial charge in [0.25, 0.3) is 12.3 Å². The van der Waals surface area contributed by atoms with Gasteiger partial charge >= 0.3 is 0 Å². The van der Waals surface area contributed by atoms with Gasteiger partial charge in [0.05, 0.1) is 23.7 Å². The van der Waals surface area contributed by atoms with Gasteiger partial charge in [-0.15, -0.1) is 0 Å². The zero-order chi connectivity index (χ0) is 12.8. The van der Waals surface area contributed by atoms with Crippen molar-refractivity contribution in [2.45, 2.75) is 6.43 Å². The summed E-state index contributed by atoms with van der Waals surface area (Å²) in [6.45, 7) is -1.31. The van der Waals surface area contributed by atoms with Crippen LogP contribution in [0, 0.1) is 0 Å². The van der Waals surface area contributed by atoms with Gasteiger partial charge in [-0.3, -0.25) is 9.78 Å². The van der Waals surface area contributed by atoms with Crippen molar-refractivity contribution in [1.82, 2.24) is 9.88 Å². The van der Waals surface area contributed by atoms with Crippen LogP contribution in [0.5, 0.6) is 0 Å². The molecule has 0 fully saturated rings. The molecule has 94 valence electrons. The molecule has 1 aromatic rings. The zero-order valence-electron chi connectivity index (χ0n) is 8.81. The molecule has 0 unspecified atom stereocenters. The largest absolute Gasteiger partial charge is 0.395 e. The number of aromatic nitrogens is 1. The number of pyridine rings is 1. The first kappa shape index (κ1) is 13.8. The highest BCUT2D eigenvalue weighted by Gasteiger charge is 2.21. The molecule has 0 radical (unpaired) electrons. The number of carbonyl (C=O) groups excluding carboxylic acids is 1. The van der Waals surface area contributed by atoms with Gasteiger partial charge in [0.1, 0.15) is 0 Å². The normalized spacial score (nSPS) is 10.6. The molecule has 0 saturated heterocycles. The number of halogens is 3. The van der Waals surface area contributed by atoms with Crippen molar-refractivity contribution in [2.75, 3.05) is 19.7 Å². The Morgan fingerprint density at radius 3 is 2.82 bits per heavy atom. The van der Waals surface area contributed by atoms with E-state index in [0.717, 1.165) is 4.90 Å². The number of carbonyl (C=O) groups is 1. The van der Waals surface area contributed by atoms with Gasteiger partial charge in [-0.1, -0.05) is 11.6 Å². The SMILES string of the molecule is O=C(c1cnccc1Cl)N(CCO)CC(F)F. The molecule has 0 aliphatic carbocycles. The fraction of sp³-hybridized carbons (Fsp3) is 0.400. The lowest BCUT2D eigenvalue weighted by atomic mass is 10.2. The summed E-state index contributed by atoms with van der Waals surface area (Å²) in [5.74, 6) is -0.669. The number of aliphatic hydroxyl groups excluding tert-OH is 1. The number of hydrogen-bond acceptors (Lipinski definition) is 3. The van der Waals surface area contributed by atoms with E-state index >= 15 is 0 Å². The van der Waals surface area contributed by atoms with Gasteiger partial charge in [-0.05, 0) is 6.07 Å². The van der Waals surface area contributed by atoms with Crippen LogP contribution >= 0.6 is 11.6 Å². The summed E-state index contributed by atoms with van der Waals surface area (Å²) < 4.78 is 24.5. The second-order valence-electron chi connectivity index (χ2n) is 3.22. The monoisotopic (exact) mass is 264 g/mol. The molecular weight excluding hydrogens is 254 g/mol. The smallest absolute Gasteiger partial charge is 0.257 e. The molecular formula is C10H11ClF2N2O2. The topological polar surface area (TPSA) is 53.4 Å². The van der Waals surface area contributed by atoms with Gasteiger partial charge in [-0.25, -0.2) is 8.78 Å². The Labute approximate surface area is 102 Å². The lowest BCUT2D eigenvalue weighted by Crippen LogP contribution is -2.37. The van der Waals surface area contributed by atoms with Crippen LogP contribution in [0.15, 0.2) is 18.5 Å². The van der Waals surface area contributed by atoms with Crippen molar-refractivity contribution in [3.63, 3.8) is 0 Å². The van der Waals surface area contributed by atoms with Crippen LogP contribution in [0.1, 0.15) is 10.4 Å². The maximum Gasteiger partial charge on any atom is 0.257 e. The lowest BCUT2D eigenvalue weighted by Gasteiger charge is -2.21. The van der Waals surface area contributed by atoms with Crippen LogP contribution < -0.4 is 0 Å². The van der Waals surface area contributed by atoms with Gasteiger partial charge in [0.2, 0.25) is 0 Å². The number of rotatable bonds is 5. The third-order valence-corrected chi connectivity index (χ3v) is 2.34.